The largest absolute Gasteiger partial charge is 0.493 e. The first kappa shape index (κ1) is 26.8. The zero-order valence-corrected chi connectivity index (χ0v) is 20.3. The lowest BCUT2D eigenvalue weighted by Gasteiger charge is -2.11. The van der Waals surface area contributed by atoms with Crippen LogP contribution in [-0.2, 0) is 16.6 Å². The maximum atomic E-state index is 12.8. The van der Waals surface area contributed by atoms with Crippen LogP contribution in [0, 0.1) is 10.1 Å². The summed E-state index contributed by atoms with van der Waals surface area (Å²) in [4.78, 5) is 21.8. The van der Waals surface area contributed by atoms with E-state index < -0.39 is 31.5 Å². The Hall–Kier alpha value is -4.78. The fourth-order valence-corrected chi connectivity index (χ4v) is 4.23. The van der Waals surface area contributed by atoms with Gasteiger partial charge in [0.15, 0.2) is 17.2 Å². The highest BCUT2D eigenvalue weighted by Gasteiger charge is 2.23. The van der Waals surface area contributed by atoms with Crippen LogP contribution >= 0.6 is 0 Å². The molecule has 0 aromatic heterocycles. The summed E-state index contributed by atoms with van der Waals surface area (Å²) in [6, 6.07) is 13.6. The van der Waals surface area contributed by atoms with Gasteiger partial charge in [-0.1, -0.05) is 30.9 Å². The molecule has 3 rings (SSSR count). The summed E-state index contributed by atoms with van der Waals surface area (Å²) in [5.41, 5.74) is -0.521. The molecule has 0 atom stereocenters. The number of sulfonamides is 1. The van der Waals surface area contributed by atoms with Gasteiger partial charge >= 0.3 is 5.97 Å². The van der Waals surface area contributed by atoms with Gasteiger partial charge in [-0.3, -0.25) is 14.8 Å². The molecule has 0 heterocycles. The Balaban J connectivity index is 1.83. The number of carboxylic acids is 1. The standard InChI is InChI=1S/C24H22N4O8S/c1-3-12-36-22-11-8-16(13-23(22)35-2)15-25-26-20-10-9-17(14-21(20)28(31)32)37(33,34)27-19-7-5-4-6-18(19)24(29)30/h3-11,13-14,27H,1,12,15H2,2H3,(H,29,30). The molecule has 0 saturated carbocycles. The average Bonchev–Trinajstić information content (AvgIpc) is 2.87. The Kier molecular flexibility index (Phi) is 8.53. The van der Waals surface area contributed by atoms with Gasteiger partial charge in [0.1, 0.15) is 6.61 Å². The van der Waals surface area contributed by atoms with Crippen LogP contribution in [0.15, 0.2) is 88.4 Å². The van der Waals surface area contributed by atoms with E-state index in [1.165, 1.54) is 31.4 Å². The van der Waals surface area contributed by atoms with Crippen molar-refractivity contribution in [3.05, 3.63) is 94.6 Å². The van der Waals surface area contributed by atoms with Crippen LogP contribution in [0.5, 0.6) is 11.5 Å². The van der Waals surface area contributed by atoms with Crippen molar-refractivity contribution in [3.8, 4) is 11.5 Å². The molecule has 0 spiro atoms. The summed E-state index contributed by atoms with van der Waals surface area (Å²) in [6.07, 6.45) is 1.59. The molecular weight excluding hydrogens is 504 g/mol. The van der Waals surface area contributed by atoms with E-state index in [9.17, 15) is 28.4 Å². The Bertz CT molecular complexity index is 1470. The van der Waals surface area contributed by atoms with Gasteiger partial charge in [0.2, 0.25) is 0 Å². The second kappa shape index (κ2) is 11.8. The molecule has 192 valence electrons. The van der Waals surface area contributed by atoms with E-state index in [4.69, 9.17) is 9.47 Å². The van der Waals surface area contributed by atoms with Crippen LogP contribution in [0.3, 0.4) is 0 Å². The summed E-state index contributed by atoms with van der Waals surface area (Å²) in [7, 11) is -2.86. The highest BCUT2D eigenvalue weighted by atomic mass is 32.2. The first-order valence-corrected chi connectivity index (χ1v) is 12.1. The van der Waals surface area contributed by atoms with Crippen molar-refractivity contribution in [2.45, 2.75) is 11.4 Å². The van der Waals surface area contributed by atoms with Gasteiger partial charge in [0.25, 0.3) is 15.7 Å². The Morgan fingerprint density at radius 1 is 1.16 bits per heavy atom. The molecule has 0 unspecified atom stereocenters. The molecule has 13 heteroatoms. The molecule has 0 aliphatic carbocycles. The molecule has 37 heavy (non-hydrogen) atoms. The molecule has 0 bridgehead atoms. The highest BCUT2D eigenvalue weighted by Crippen LogP contribution is 2.32. The smallest absolute Gasteiger partial charge is 0.337 e. The van der Waals surface area contributed by atoms with Crippen LogP contribution in [-0.4, -0.2) is 38.1 Å². The maximum Gasteiger partial charge on any atom is 0.337 e. The first-order valence-electron chi connectivity index (χ1n) is 10.6. The number of benzene rings is 3. The molecule has 0 saturated heterocycles. The zero-order valence-electron chi connectivity index (χ0n) is 19.5. The van der Waals surface area contributed by atoms with Gasteiger partial charge < -0.3 is 14.6 Å². The minimum atomic E-state index is -4.35. The van der Waals surface area contributed by atoms with Crippen LogP contribution in [0.25, 0.3) is 0 Å². The molecule has 0 aliphatic rings. The second-order valence-electron chi connectivity index (χ2n) is 7.35. The topological polar surface area (TPSA) is 170 Å². The number of carboxylic acid groups (broad SMARTS) is 1. The molecule has 3 aromatic rings. The number of aromatic carboxylic acids is 1. The third-order valence-electron chi connectivity index (χ3n) is 4.87. The predicted octanol–water partition coefficient (Wildman–Crippen LogP) is 4.95. The summed E-state index contributed by atoms with van der Waals surface area (Å²) in [6.45, 7) is 3.94. The lowest BCUT2D eigenvalue weighted by Crippen LogP contribution is -2.15. The molecule has 0 amide bonds. The number of nitrogens with zero attached hydrogens (tertiary/aromatic N) is 3. The Labute approximate surface area is 212 Å². The van der Waals surface area contributed by atoms with E-state index in [2.05, 4.69) is 21.5 Å². The van der Waals surface area contributed by atoms with E-state index in [0.29, 0.717) is 23.7 Å². The van der Waals surface area contributed by atoms with Crippen LogP contribution in [0.2, 0.25) is 0 Å². The van der Waals surface area contributed by atoms with E-state index in [1.807, 2.05) is 0 Å². The molecule has 12 nitrogen and oxygen atoms in total. The van der Waals surface area contributed by atoms with Crippen molar-refractivity contribution in [1.82, 2.24) is 0 Å². The predicted molar refractivity (Wildman–Crippen MR) is 134 cm³/mol. The number of ether oxygens (including phenoxy) is 2. The lowest BCUT2D eigenvalue weighted by atomic mass is 10.2. The Morgan fingerprint density at radius 2 is 1.92 bits per heavy atom. The van der Waals surface area contributed by atoms with Crippen molar-refractivity contribution in [2.75, 3.05) is 18.4 Å². The van der Waals surface area contributed by atoms with Gasteiger partial charge in [0, 0.05) is 6.07 Å². The summed E-state index contributed by atoms with van der Waals surface area (Å²) < 4.78 is 38.5. The molecule has 2 N–H and O–H groups in total. The monoisotopic (exact) mass is 526 g/mol. The molecule has 3 aromatic carbocycles. The normalized spacial score (nSPS) is 11.2. The third kappa shape index (κ3) is 6.67. The van der Waals surface area contributed by atoms with Crippen molar-refractivity contribution in [1.29, 1.82) is 0 Å². The van der Waals surface area contributed by atoms with Gasteiger partial charge in [0.05, 0.1) is 34.7 Å². The molecule has 0 radical (unpaired) electrons. The number of nitrogens with one attached hydrogen (secondary N) is 1. The number of methoxy groups -OCH3 is 1. The van der Waals surface area contributed by atoms with E-state index in [1.54, 1.807) is 24.3 Å². The number of rotatable bonds is 12. The van der Waals surface area contributed by atoms with Crippen molar-refractivity contribution >= 4 is 33.1 Å². The minimum absolute atomic E-state index is 0.0584. The number of hydrogen-bond donors (Lipinski definition) is 2. The SMILES string of the molecule is C=CCOc1ccc(CN=Nc2ccc(S(=O)(=O)Nc3ccccc3C(=O)O)cc2[N+](=O)[O-])cc1OC. The fraction of sp³-hybridized carbons (Fsp3) is 0.125. The van der Waals surface area contributed by atoms with Crippen LogP contribution < -0.4 is 14.2 Å². The van der Waals surface area contributed by atoms with Crippen molar-refractivity contribution < 1.29 is 32.7 Å². The summed E-state index contributed by atoms with van der Waals surface area (Å²) in [5.74, 6) is -0.362. The van der Waals surface area contributed by atoms with Crippen molar-refractivity contribution in [2.24, 2.45) is 10.2 Å². The van der Waals surface area contributed by atoms with E-state index in [0.717, 1.165) is 18.2 Å². The van der Waals surface area contributed by atoms with Gasteiger partial charge in [-0.25, -0.2) is 13.2 Å². The van der Waals surface area contributed by atoms with E-state index >= 15 is 0 Å². The first-order chi connectivity index (χ1) is 17.7. The molecule has 0 aliphatic heterocycles. The lowest BCUT2D eigenvalue weighted by molar-refractivity contribution is -0.384. The molecular formula is C24H22N4O8S. The van der Waals surface area contributed by atoms with Gasteiger partial charge in [-0.2, -0.15) is 5.11 Å². The summed E-state index contributed by atoms with van der Waals surface area (Å²) >= 11 is 0. The number of para-hydroxylation sites is 1. The Morgan fingerprint density at radius 3 is 2.59 bits per heavy atom. The third-order valence-corrected chi connectivity index (χ3v) is 6.24. The minimum Gasteiger partial charge on any atom is -0.493 e. The fourth-order valence-electron chi connectivity index (χ4n) is 3.13. The zero-order chi connectivity index (χ0) is 27.0. The average molecular weight is 527 g/mol. The maximum absolute atomic E-state index is 12.8. The number of hydrogen-bond acceptors (Lipinski definition) is 9. The molecule has 0 fully saturated rings. The number of azo groups is 1. The van der Waals surface area contributed by atoms with Crippen LogP contribution in [0.1, 0.15) is 15.9 Å². The van der Waals surface area contributed by atoms with Gasteiger partial charge in [-0.05, 0) is 42.0 Å². The second-order valence-corrected chi connectivity index (χ2v) is 9.03. The summed E-state index contributed by atoms with van der Waals surface area (Å²) in [5, 5.41) is 28.8. The van der Waals surface area contributed by atoms with Crippen molar-refractivity contribution in [3.63, 3.8) is 0 Å². The highest BCUT2D eigenvalue weighted by molar-refractivity contribution is 7.92. The van der Waals surface area contributed by atoms with E-state index in [-0.39, 0.29) is 23.5 Å². The van der Waals surface area contributed by atoms with Gasteiger partial charge in [-0.15, -0.1) is 5.11 Å². The van der Waals surface area contributed by atoms with Crippen LogP contribution in [0.4, 0.5) is 17.1 Å². The number of nitro benzene ring substituents is 1. The number of anilines is 1. The number of carbonyl (C=O) groups is 1. The number of nitro groups is 1. The quantitative estimate of drug-likeness (QED) is 0.144.